The molecule has 0 aliphatic heterocycles. The van der Waals surface area contributed by atoms with Gasteiger partial charge in [0.25, 0.3) is 0 Å². The minimum absolute atomic E-state index is 0.661. The lowest BCUT2D eigenvalue weighted by Crippen LogP contribution is -1.99. The van der Waals surface area contributed by atoms with E-state index in [1.165, 1.54) is 11.3 Å². The van der Waals surface area contributed by atoms with Crippen molar-refractivity contribution < 1.29 is 0 Å². The first-order valence-corrected chi connectivity index (χ1v) is 9.32. The normalized spacial score (nSPS) is 11.5. The Balaban J connectivity index is 1.67. The maximum absolute atomic E-state index is 5.95. The third kappa shape index (κ3) is 3.17. The lowest BCUT2D eigenvalue weighted by molar-refractivity contribution is 0.736. The van der Waals surface area contributed by atoms with Crippen molar-refractivity contribution in [1.29, 1.82) is 0 Å². The number of benzene rings is 1. The molecule has 0 unspecified atom stereocenters. The molecular formula is C17H17ClN6S. The molecular weight excluding hydrogens is 356 g/mol. The first kappa shape index (κ1) is 16.2. The molecule has 0 N–H and O–H groups in total. The van der Waals surface area contributed by atoms with E-state index in [-0.39, 0.29) is 0 Å². The second kappa shape index (κ2) is 6.57. The van der Waals surface area contributed by atoms with Gasteiger partial charge in [-0.1, -0.05) is 48.4 Å². The highest BCUT2D eigenvalue weighted by Crippen LogP contribution is 2.26. The molecule has 0 saturated heterocycles. The van der Waals surface area contributed by atoms with Crippen LogP contribution in [0.4, 0.5) is 0 Å². The number of fused-ring (bicyclic) bond motifs is 1. The minimum atomic E-state index is 0.661. The molecule has 0 radical (unpaired) electrons. The second-order valence-electron chi connectivity index (χ2n) is 5.92. The summed E-state index contributed by atoms with van der Waals surface area (Å²) in [5.41, 5.74) is 3.22. The zero-order chi connectivity index (χ0) is 17.4. The van der Waals surface area contributed by atoms with Crippen LogP contribution in [0.5, 0.6) is 0 Å². The van der Waals surface area contributed by atoms with Crippen molar-refractivity contribution in [2.24, 2.45) is 7.05 Å². The molecule has 4 rings (SSSR count). The quantitative estimate of drug-likeness (QED) is 0.534. The van der Waals surface area contributed by atoms with Crippen molar-refractivity contribution >= 4 is 27.9 Å². The Morgan fingerprint density at radius 3 is 2.68 bits per heavy atom. The van der Waals surface area contributed by atoms with Gasteiger partial charge in [-0.3, -0.25) is 4.68 Å². The summed E-state index contributed by atoms with van der Waals surface area (Å²) in [4.78, 5) is 0.789. The van der Waals surface area contributed by atoms with Crippen LogP contribution in [0.25, 0.3) is 15.7 Å². The van der Waals surface area contributed by atoms with Gasteiger partial charge in [-0.25, -0.2) is 0 Å². The predicted octanol–water partition coefficient (Wildman–Crippen LogP) is 3.78. The SMILES string of the molecule is CCCc1cc(-c2nn3c(Cc4ccc(Cl)cc4)nnc3s2)n(C)n1. The van der Waals surface area contributed by atoms with E-state index in [0.717, 1.165) is 50.6 Å². The summed E-state index contributed by atoms with van der Waals surface area (Å²) < 4.78 is 3.71. The largest absolute Gasteiger partial charge is 0.265 e. The molecule has 0 amide bonds. The van der Waals surface area contributed by atoms with Crippen molar-refractivity contribution in [1.82, 2.24) is 29.6 Å². The van der Waals surface area contributed by atoms with Gasteiger partial charge in [0, 0.05) is 18.5 Å². The Hall–Kier alpha value is -2.25. The summed E-state index contributed by atoms with van der Waals surface area (Å²) in [5.74, 6) is 0.816. The molecule has 0 spiro atoms. The number of aromatic nitrogens is 6. The summed E-state index contributed by atoms with van der Waals surface area (Å²) in [6.45, 7) is 2.15. The molecule has 0 bridgehead atoms. The highest BCUT2D eigenvalue weighted by molar-refractivity contribution is 7.19. The highest BCUT2D eigenvalue weighted by atomic mass is 35.5. The van der Waals surface area contributed by atoms with E-state index in [0.29, 0.717) is 6.42 Å². The molecule has 25 heavy (non-hydrogen) atoms. The molecule has 0 aliphatic carbocycles. The Morgan fingerprint density at radius 2 is 1.92 bits per heavy atom. The van der Waals surface area contributed by atoms with Crippen LogP contribution >= 0.6 is 22.9 Å². The van der Waals surface area contributed by atoms with Crippen molar-refractivity contribution in [2.45, 2.75) is 26.2 Å². The maximum atomic E-state index is 5.95. The van der Waals surface area contributed by atoms with Gasteiger partial charge in [-0.2, -0.15) is 14.7 Å². The molecule has 4 aromatic rings. The van der Waals surface area contributed by atoms with E-state index < -0.39 is 0 Å². The molecule has 3 aromatic heterocycles. The average Bonchev–Trinajstić information content (AvgIpc) is 3.25. The zero-order valence-electron chi connectivity index (χ0n) is 14.0. The first-order valence-electron chi connectivity index (χ1n) is 8.13. The number of nitrogens with zero attached hydrogens (tertiary/aromatic N) is 6. The van der Waals surface area contributed by atoms with Crippen LogP contribution < -0.4 is 0 Å². The van der Waals surface area contributed by atoms with E-state index >= 15 is 0 Å². The lowest BCUT2D eigenvalue weighted by Gasteiger charge is -1.99. The van der Waals surface area contributed by atoms with Gasteiger partial charge in [0.1, 0.15) is 0 Å². The number of rotatable bonds is 5. The van der Waals surface area contributed by atoms with Crippen LogP contribution in [0, 0.1) is 0 Å². The van der Waals surface area contributed by atoms with E-state index in [2.05, 4.69) is 28.3 Å². The first-order chi connectivity index (χ1) is 12.1. The van der Waals surface area contributed by atoms with Gasteiger partial charge >= 0.3 is 0 Å². The minimum Gasteiger partial charge on any atom is -0.265 e. The molecule has 1 aromatic carbocycles. The smallest absolute Gasteiger partial charge is 0.235 e. The van der Waals surface area contributed by atoms with Crippen LogP contribution in [0.15, 0.2) is 30.3 Å². The number of hydrogen-bond acceptors (Lipinski definition) is 5. The monoisotopic (exact) mass is 372 g/mol. The Morgan fingerprint density at radius 1 is 1.12 bits per heavy atom. The number of halogens is 1. The van der Waals surface area contributed by atoms with Crippen molar-refractivity contribution in [3.8, 4) is 10.7 Å². The Labute approximate surface area is 154 Å². The number of aryl methyl sites for hydroxylation is 2. The topological polar surface area (TPSA) is 60.9 Å². The van der Waals surface area contributed by atoms with Crippen molar-refractivity contribution in [3.63, 3.8) is 0 Å². The third-order valence-electron chi connectivity index (χ3n) is 3.99. The summed E-state index contributed by atoms with van der Waals surface area (Å²) in [5, 5.41) is 19.4. The molecule has 0 saturated carbocycles. The molecule has 128 valence electrons. The summed E-state index contributed by atoms with van der Waals surface area (Å²) in [7, 11) is 1.95. The fraction of sp³-hybridized carbons (Fsp3) is 0.294. The Bertz CT molecular complexity index is 1010. The highest BCUT2D eigenvalue weighted by Gasteiger charge is 2.16. The van der Waals surface area contributed by atoms with Crippen LogP contribution in [0.3, 0.4) is 0 Å². The van der Waals surface area contributed by atoms with Crippen LogP contribution in [-0.2, 0) is 19.9 Å². The van der Waals surface area contributed by atoms with Crippen molar-refractivity contribution in [2.75, 3.05) is 0 Å². The maximum Gasteiger partial charge on any atom is 0.235 e. The number of hydrogen-bond donors (Lipinski definition) is 0. The molecule has 6 nitrogen and oxygen atoms in total. The fourth-order valence-electron chi connectivity index (χ4n) is 2.76. The average molecular weight is 373 g/mol. The van der Waals surface area contributed by atoms with Crippen LogP contribution in [-0.4, -0.2) is 29.6 Å². The lowest BCUT2D eigenvalue weighted by atomic mass is 10.1. The summed E-state index contributed by atoms with van der Waals surface area (Å²) >= 11 is 7.47. The van der Waals surface area contributed by atoms with Crippen LogP contribution in [0.2, 0.25) is 5.02 Å². The molecule has 0 aliphatic rings. The molecule has 0 fully saturated rings. The fourth-order valence-corrected chi connectivity index (χ4v) is 3.79. The van der Waals surface area contributed by atoms with Gasteiger partial charge in [0.2, 0.25) is 4.96 Å². The third-order valence-corrected chi connectivity index (χ3v) is 5.16. The van der Waals surface area contributed by atoms with Gasteiger partial charge < -0.3 is 0 Å². The second-order valence-corrected chi connectivity index (χ2v) is 7.31. The van der Waals surface area contributed by atoms with E-state index in [4.69, 9.17) is 16.7 Å². The standard InChI is InChI=1S/C17H17ClN6S/c1-3-4-13-10-14(23(2)21-13)16-22-24-15(19-20-17(24)25-16)9-11-5-7-12(18)8-6-11/h5-8,10H,3-4,9H2,1-2H3. The molecule has 3 heterocycles. The van der Waals surface area contributed by atoms with Crippen molar-refractivity contribution in [3.05, 3.63) is 52.4 Å². The Kier molecular flexibility index (Phi) is 4.27. The zero-order valence-corrected chi connectivity index (χ0v) is 15.5. The van der Waals surface area contributed by atoms with E-state index in [1.54, 1.807) is 0 Å². The van der Waals surface area contributed by atoms with Gasteiger partial charge in [-0.05, 0) is 30.2 Å². The van der Waals surface area contributed by atoms with E-state index in [9.17, 15) is 0 Å². The molecule has 8 heteroatoms. The van der Waals surface area contributed by atoms with Gasteiger partial charge in [0.15, 0.2) is 10.8 Å². The summed E-state index contributed by atoms with van der Waals surface area (Å²) in [6.07, 6.45) is 2.71. The van der Waals surface area contributed by atoms with Gasteiger partial charge in [-0.15, -0.1) is 10.2 Å². The van der Waals surface area contributed by atoms with Gasteiger partial charge in [0.05, 0.1) is 11.4 Å². The van der Waals surface area contributed by atoms with E-state index in [1.807, 2.05) is 40.5 Å². The predicted molar refractivity (Wildman–Crippen MR) is 99.1 cm³/mol. The molecule has 0 atom stereocenters. The van der Waals surface area contributed by atoms with Crippen LogP contribution in [0.1, 0.15) is 30.4 Å². The summed E-state index contributed by atoms with van der Waals surface area (Å²) in [6, 6.07) is 9.86.